The van der Waals surface area contributed by atoms with Crippen LogP contribution in [0.3, 0.4) is 0 Å². The molecule has 2 aromatic carbocycles. The molecule has 1 amide bonds. The van der Waals surface area contributed by atoms with Gasteiger partial charge in [-0.15, -0.1) is 11.3 Å². The number of carbonyl (C=O) groups excluding carboxylic acids is 2. The number of amides is 1. The van der Waals surface area contributed by atoms with Crippen LogP contribution >= 0.6 is 11.3 Å². The van der Waals surface area contributed by atoms with Gasteiger partial charge in [-0.2, -0.15) is 0 Å². The summed E-state index contributed by atoms with van der Waals surface area (Å²) in [4.78, 5) is 27.7. The molecule has 0 unspecified atom stereocenters. The first-order valence-electron chi connectivity index (χ1n) is 8.18. The standard InChI is InChI=1S/C20H18N2O3S/c1-3-25-19(24)11-10-18(23)21-15-7-5-14(6-8-15)20-22-16-9-4-13(2)12-17(16)26-20/h4-12H,3H2,1-2H3,(H,21,23). The molecule has 0 radical (unpaired) electrons. The number of hydrogen-bond acceptors (Lipinski definition) is 5. The van der Waals surface area contributed by atoms with Crippen molar-refractivity contribution in [2.24, 2.45) is 0 Å². The van der Waals surface area contributed by atoms with Gasteiger partial charge in [-0.1, -0.05) is 6.07 Å². The molecular formula is C20H18N2O3S. The number of aryl methyl sites for hydroxylation is 1. The number of thiazole rings is 1. The summed E-state index contributed by atoms with van der Waals surface area (Å²) in [6.07, 6.45) is 2.26. The number of benzene rings is 2. The van der Waals surface area contributed by atoms with Gasteiger partial charge in [-0.3, -0.25) is 4.79 Å². The van der Waals surface area contributed by atoms with Gasteiger partial charge in [0.1, 0.15) is 5.01 Å². The van der Waals surface area contributed by atoms with E-state index >= 15 is 0 Å². The van der Waals surface area contributed by atoms with E-state index in [-0.39, 0.29) is 12.5 Å². The van der Waals surface area contributed by atoms with E-state index in [1.165, 1.54) is 5.56 Å². The molecular weight excluding hydrogens is 348 g/mol. The Morgan fingerprint density at radius 1 is 1.15 bits per heavy atom. The normalized spacial score (nSPS) is 11.0. The minimum absolute atomic E-state index is 0.275. The number of fused-ring (bicyclic) bond motifs is 1. The summed E-state index contributed by atoms with van der Waals surface area (Å²) in [6.45, 7) is 4.05. The number of aromatic nitrogens is 1. The Bertz CT molecular complexity index is 974. The summed E-state index contributed by atoms with van der Waals surface area (Å²) in [5, 5.41) is 3.64. The average Bonchev–Trinajstić information content (AvgIpc) is 3.04. The van der Waals surface area contributed by atoms with E-state index in [0.717, 1.165) is 32.9 Å². The number of nitrogens with zero attached hydrogens (tertiary/aromatic N) is 1. The lowest BCUT2D eigenvalue weighted by Gasteiger charge is -2.03. The largest absolute Gasteiger partial charge is 0.463 e. The van der Waals surface area contributed by atoms with Gasteiger partial charge in [0.25, 0.3) is 0 Å². The van der Waals surface area contributed by atoms with Gasteiger partial charge in [0.15, 0.2) is 0 Å². The van der Waals surface area contributed by atoms with Crippen LogP contribution in [0.4, 0.5) is 5.69 Å². The highest BCUT2D eigenvalue weighted by molar-refractivity contribution is 7.21. The zero-order valence-electron chi connectivity index (χ0n) is 14.5. The Morgan fingerprint density at radius 2 is 1.92 bits per heavy atom. The van der Waals surface area contributed by atoms with Crippen molar-refractivity contribution in [1.82, 2.24) is 4.98 Å². The van der Waals surface area contributed by atoms with Crippen molar-refractivity contribution in [3.8, 4) is 10.6 Å². The third-order valence-corrected chi connectivity index (χ3v) is 4.67. The molecule has 1 heterocycles. The van der Waals surface area contributed by atoms with Gasteiger partial charge in [0, 0.05) is 23.4 Å². The molecule has 3 aromatic rings. The monoisotopic (exact) mass is 366 g/mol. The Kier molecular flexibility index (Phi) is 5.43. The van der Waals surface area contributed by atoms with Gasteiger partial charge in [0.2, 0.25) is 5.91 Å². The zero-order valence-corrected chi connectivity index (χ0v) is 15.3. The van der Waals surface area contributed by atoms with Crippen LogP contribution in [0, 0.1) is 6.92 Å². The topological polar surface area (TPSA) is 68.3 Å². The van der Waals surface area contributed by atoms with E-state index in [4.69, 9.17) is 4.74 Å². The summed E-state index contributed by atoms with van der Waals surface area (Å²) in [7, 11) is 0. The predicted molar refractivity (Wildman–Crippen MR) is 104 cm³/mol. The van der Waals surface area contributed by atoms with Crippen molar-refractivity contribution < 1.29 is 14.3 Å². The number of nitrogens with one attached hydrogen (secondary N) is 1. The van der Waals surface area contributed by atoms with Crippen molar-refractivity contribution in [2.45, 2.75) is 13.8 Å². The third kappa shape index (κ3) is 4.34. The molecule has 132 valence electrons. The molecule has 1 aromatic heterocycles. The fraction of sp³-hybridized carbons (Fsp3) is 0.150. The summed E-state index contributed by atoms with van der Waals surface area (Å²) in [5.41, 5.74) is 3.83. The second kappa shape index (κ2) is 7.93. The Balaban J connectivity index is 1.69. The van der Waals surface area contributed by atoms with Gasteiger partial charge >= 0.3 is 5.97 Å². The van der Waals surface area contributed by atoms with Crippen molar-refractivity contribution in [2.75, 3.05) is 11.9 Å². The first-order valence-corrected chi connectivity index (χ1v) is 9.00. The lowest BCUT2D eigenvalue weighted by molar-refractivity contribution is -0.137. The van der Waals surface area contributed by atoms with Crippen molar-refractivity contribution in [3.63, 3.8) is 0 Å². The Labute approximate surface area is 155 Å². The summed E-state index contributed by atoms with van der Waals surface area (Å²) in [6, 6.07) is 13.6. The van der Waals surface area contributed by atoms with Gasteiger partial charge in [0.05, 0.1) is 16.8 Å². The van der Waals surface area contributed by atoms with E-state index in [2.05, 4.69) is 23.3 Å². The smallest absolute Gasteiger partial charge is 0.330 e. The number of ether oxygens (including phenoxy) is 1. The molecule has 1 N–H and O–H groups in total. The van der Waals surface area contributed by atoms with Crippen molar-refractivity contribution in [1.29, 1.82) is 0 Å². The molecule has 3 rings (SSSR count). The maximum Gasteiger partial charge on any atom is 0.330 e. The number of carbonyl (C=O) groups is 2. The fourth-order valence-electron chi connectivity index (χ4n) is 2.37. The van der Waals surface area contributed by atoms with Crippen LogP contribution in [0.25, 0.3) is 20.8 Å². The van der Waals surface area contributed by atoms with E-state index in [1.54, 1.807) is 18.3 Å². The van der Waals surface area contributed by atoms with Crippen LogP contribution < -0.4 is 5.32 Å². The van der Waals surface area contributed by atoms with Crippen LogP contribution in [0.2, 0.25) is 0 Å². The lowest BCUT2D eigenvalue weighted by Crippen LogP contribution is -2.09. The molecule has 0 aliphatic heterocycles. The molecule has 0 spiro atoms. The maximum absolute atomic E-state index is 11.8. The minimum atomic E-state index is -0.538. The number of esters is 1. The van der Waals surface area contributed by atoms with Crippen molar-refractivity contribution in [3.05, 3.63) is 60.2 Å². The summed E-state index contributed by atoms with van der Waals surface area (Å²) < 4.78 is 5.88. The molecule has 26 heavy (non-hydrogen) atoms. The number of anilines is 1. The molecule has 0 aliphatic rings. The van der Waals surface area contributed by atoms with E-state index in [0.29, 0.717) is 5.69 Å². The maximum atomic E-state index is 11.8. The first kappa shape index (κ1) is 17.8. The summed E-state index contributed by atoms with van der Waals surface area (Å²) >= 11 is 1.64. The zero-order chi connectivity index (χ0) is 18.5. The summed E-state index contributed by atoms with van der Waals surface area (Å²) in [5.74, 6) is -0.926. The van der Waals surface area contributed by atoms with Crippen LogP contribution in [0.1, 0.15) is 12.5 Å². The molecule has 0 atom stereocenters. The average molecular weight is 366 g/mol. The molecule has 0 saturated heterocycles. The highest BCUT2D eigenvalue weighted by Crippen LogP contribution is 2.31. The van der Waals surface area contributed by atoms with Gasteiger partial charge in [-0.25, -0.2) is 9.78 Å². The third-order valence-electron chi connectivity index (χ3n) is 3.60. The second-order valence-corrected chi connectivity index (χ2v) is 6.67. The highest BCUT2D eigenvalue weighted by Gasteiger charge is 2.07. The van der Waals surface area contributed by atoms with Gasteiger partial charge < -0.3 is 10.1 Å². The fourth-order valence-corrected chi connectivity index (χ4v) is 3.44. The number of hydrogen-bond donors (Lipinski definition) is 1. The van der Waals surface area contributed by atoms with Gasteiger partial charge in [-0.05, 0) is 55.8 Å². The van der Waals surface area contributed by atoms with E-state index < -0.39 is 5.97 Å². The van der Waals surface area contributed by atoms with Crippen LogP contribution in [-0.2, 0) is 14.3 Å². The van der Waals surface area contributed by atoms with Crippen LogP contribution in [-0.4, -0.2) is 23.5 Å². The predicted octanol–water partition coefficient (Wildman–Crippen LogP) is 4.33. The highest BCUT2D eigenvalue weighted by atomic mass is 32.1. The SMILES string of the molecule is CCOC(=O)C=CC(=O)Nc1ccc(-c2nc3ccc(C)cc3s2)cc1. The quantitative estimate of drug-likeness (QED) is 0.539. The molecule has 0 saturated carbocycles. The lowest BCUT2D eigenvalue weighted by atomic mass is 10.2. The second-order valence-electron chi connectivity index (χ2n) is 5.64. The Hall–Kier alpha value is -2.99. The molecule has 6 heteroatoms. The molecule has 5 nitrogen and oxygen atoms in total. The van der Waals surface area contributed by atoms with Crippen molar-refractivity contribution >= 4 is 39.1 Å². The first-order chi connectivity index (χ1) is 12.5. The number of rotatable bonds is 5. The molecule has 0 aliphatic carbocycles. The van der Waals surface area contributed by atoms with Crippen LogP contribution in [0.5, 0.6) is 0 Å². The molecule has 0 bridgehead atoms. The Morgan fingerprint density at radius 3 is 2.65 bits per heavy atom. The van der Waals surface area contributed by atoms with E-state index in [9.17, 15) is 9.59 Å². The molecule has 0 fully saturated rings. The van der Waals surface area contributed by atoms with Crippen LogP contribution in [0.15, 0.2) is 54.6 Å². The minimum Gasteiger partial charge on any atom is -0.463 e. The van der Waals surface area contributed by atoms with E-state index in [1.807, 2.05) is 36.4 Å².